The van der Waals surface area contributed by atoms with E-state index in [1.807, 2.05) is 12.1 Å². The van der Waals surface area contributed by atoms with E-state index in [1.54, 1.807) is 13.2 Å². The Labute approximate surface area is 125 Å². The monoisotopic (exact) mass is 283 g/mol. The van der Waals surface area contributed by atoms with E-state index in [4.69, 9.17) is 4.74 Å². The normalized spacial score (nSPS) is 15.7. The SMILES string of the molecule is COc1ccc(C(C)NC2Cc3ccccc3C2)c(O)c1. The Morgan fingerprint density at radius 3 is 2.38 bits per heavy atom. The van der Waals surface area contributed by atoms with E-state index in [1.165, 1.54) is 11.1 Å². The second-order valence-electron chi connectivity index (χ2n) is 5.69. The quantitative estimate of drug-likeness (QED) is 0.905. The zero-order valence-corrected chi connectivity index (χ0v) is 12.5. The number of rotatable bonds is 4. The molecule has 1 aliphatic rings. The largest absolute Gasteiger partial charge is 0.507 e. The van der Waals surface area contributed by atoms with Crippen molar-refractivity contribution in [2.75, 3.05) is 7.11 Å². The number of fused-ring (bicyclic) bond motifs is 1. The summed E-state index contributed by atoms with van der Waals surface area (Å²) in [6.45, 7) is 2.09. The number of phenolic OH excluding ortho intramolecular Hbond substituents is 1. The van der Waals surface area contributed by atoms with Crippen LogP contribution in [0.25, 0.3) is 0 Å². The maximum absolute atomic E-state index is 10.1. The van der Waals surface area contributed by atoms with E-state index >= 15 is 0 Å². The highest BCUT2D eigenvalue weighted by Crippen LogP contribution is 2.30. The molecule has 2 aromatic rings. The van der Waals surface area contributed by atoms with Crippen LogP contribution in [0.5, 0.6) is 11.5 Å². The molecule has 0 fully saturated rings. The second-order valence-corrected chi connectivity index (χ2v) is 5.69. The fraction of sp³-hybridized carbons (Fsp3) is 0.333. The molecule has 0 aliphatic heterocycles. The molecule has 2 aromatic carbocycles. The Morgan fingerprint density at radius 1 is 1.14 bits per heavy atom. The average Bonchev–Trinajstić information content (AvgIpc) is 2.88. The summed E-state index contributed by atoms with van der Waals surface area (Å²) >= 11 is 0. The summed E-state index contributed by atoms with van der Waals surface area (Å²) in [4.78, 5) is 0. The minimum Gasteiger partial charge on any atom is -0.507 e. The molecule has 1 atom stereocenters. The van der Waals surface area contributed by atoms with E-state index in [-0.39, 0.29) is 11.8 Å². The van der Waals surface area contributed by atoms with Crippen LogP contribution in [-0.2, 0) is 12.8 Å². The average molecular weight is 283 g/mol. The maximum Gasteiger partial charge on any atom is 0.124 e. The lowest BCUT2D eigenvalue weighted by Crippen LogP contribution is -2.32. The van der Waals surface area contributed by atoms with Gasteiger partial charge in [-0.2, -0.15) is 0 Å². The summed E-state index contributed by atoms with van der Waals surface area (Å²) in [7, 11) is 1.60. The summed E-state index contributed by atoms with van der Waals surface area (Å²) in [5.41, 5.74) is 3.77. The van der Waals surface area contributed by atoms with E-state index in [0.717, 1.165) is 18.4 Å². The van der Waals surface area contributed by atoms with Gasteiger partial charge in [-0.3, -0.25) is 0 Å². The van der Waals surface area contributed by atoms with Crippen molar-refractivity contribution in [3.05, 3.63) is 59.2 Å². The lowest BCUT2D eigenvalue weighted by molar-refractivity contribution is 0.400. The van der Waals surface area contributed by atoms with Gasteiger partial charge in [-0.1, -0.05) is 30.3 Å². The lowest BCUT2D eigenvalue weighted by atomic mass is 10.0. The second kappa shape index (κ2) is 5.78. The third kappa shape index (κ3) is 2.88. The fourth-order valence-electron chi connectivity index (χ4n) is 3.14. The van der Waals surface area contributed by atoms with Gasteiger partial charge in [-0.05, 0) is 37.0 Å². The standard InChI is InChI=1S/C18H21NO2/c1-12(17-8-7-16(21-2)11-18(17)20)19-15-9-13-5-3-4-6-14(13)10-15/h3-8,11-12,15,19-20H,9-10H2,1-2H3. The van der Waals surface area contributed by atoms with Gasteiger partial charge in [-0.15, -0.1) is 0 Å². The van der Waals surface area contributed by atoms with Gasteiger partial charge >= 0.3 is 0 Å². The molecule has 0 amide bonds. The van der Waals surface area contributed by atoms with Crippen molar-refractivity contribution in [2.24, 2.45) is 0 Å². The number of aromatic hydroxyl groups is 1. The first-order chi connectivity index (χ1) is 10.2. The van der Waals surface area contributed by atoms with Crippen molar-refractivity contribution in [2.45, 2.75) is 31.8 Å². The number of ether oxygens (including phenoxy) is 1. The van der Waals surface area contributed by atoms with Crippen molar-refractivity contribution in [1.29, 1.82) is 0 Å². The molecule has 0 spiro atoms. The van der Waals surface area contributed by atoms with Gasteiger partial charge in [0.1, 0.15) is 11.5 Å². The van der Waals surface area contributed by atoms with E-state index in [2.05, 4.69) is 36.5 Å². The maximum atomic E-state index is 10.1. The van der Waals surface area contributed by atoms with Crippen molar-refractivity contribution in [3.8, 4) is 11.5 Å². The van der Waals surface area contributed by atoms with Gasteiger partial charge < -0.3 is 15.2 Å². The molecule has 0 radical (unpaired) electrons. The number of nitrogens with one attached hydrogen (secondary N) is 1. The number of hydrogen-bond donors (Lipinski definition) is 2. The first-order valence-corrected chi connectivity index (χ1v) is 7.37. The number of methoxy groups -OCH3 is 1. The molecule has 21 heavy (non-hydrogen) atoms. The van der Waals surface area contributed by atoms with Crippen molar-refractivity contribution >= 4 is 0 Å². The zero-order chi connectivity index (χ0) is 14.8. The third-order valence-electron chi connectivity index (χ3n) is 4.24. The van der Waals surface area contributed by atoms with Crippen LogP contribution in [0.1, 0.15) is 29.7 Å². The van der Waals surface area contributed by atoms with Crippen LogP contribution in [0, 0.1) is 0 Å². The summed E-state index contributed by atoms with van der Waals surface area (Å²) in [5, 5.41) is 13.7. The predicted octanol–water partition coefficient (Wildman–Crippen LogP) is 3.22. The number of phenols is 1. The first kappa shape index (κ1) is 14.0. The topological polar surface area (TPSA) is 41.5 Å². The third-order valence-corrected chi connectivity index (χ3v) is 4.24. The van der Waals surface area contributed by atoms with E-state index < -0.39 is 0 Å². The van der Waals surface area contributed by atoms with Gasteiger partial charge in [0.15, 0.2) is 0 Å². The molecule has 3 rings (SSSR count). The van der Waals surface area contributed by atoms with Crippen LogP contribution >= 0.6 is 0 Å². The summed E-state index contributed by atoms with van der Waals surface area (Å²) in [6.07, 6.45) is 2.11. The molecule has 110 valence electrons. The van der Waals surface area contributed by atoms with Crippen molar-refractivity contribution in [1.82, 2.24) is 5.32 Å². The molecule has 1 unspecified atom stereocenters. The molecular weight excluding hydrogens is 262 g/mol. The first-order valence-electron chi connectivity index (χ1n) is 7.37. The molecule has 3 heteroatoms. The van der Waals surface area contributed by atoms with Crippen LogP contribution < -0.4 is 10.1 Å². The molecule has 0 bridgehead atoms. The predicted molar refractivity (Wildman–Crippen MR) is 83.8 cm³/mol. The Hall–Kier alpha value is -2.00. The van der Waals surface area contributed by atoms with E-state index in [9.17, 15) is 5.11 Å². The van der Waals surface area contributed by atoms with Crippen LogP contribution in [0.4, 0.5) is 0 Å². The molecule has 1 aliphatic carbocycles. The molecule has 0 aromatic heterocycles. The lowest BCUT2D eigenvalue weighted by Gasteiger charge is -2.20. The highest BCUT2D eigenvalue weighted by Gasteiger charge is 2.23. The van der Waals surface area contributed by atoms with Crippen molar-refractivity contribution < 1.29 is 9.84 Å². The molecule has 0 saturated carbocycles. The Morgan fingerprint density at radius 2 is 1.81 bits per heavy atom. The minimum atomic E-state index is 0.107. The Balaban J connectivity index is 1.69. The van der Waals surface area contributed by atoms with Gasteiger partial charge in [0.05, 0.1) is 7.11 Å². The van der Waals surface area contributed by atoms with Gasteiger partial charge in [0, 0.05) is 23.7 Å². The van der Waals surface area contributed by atoms with Gasteiger partial charge in [0.2, 0.25) is 0 Å². The Kier molecular flexibility index (Phi) is 3.84. The highest BCUT2D eigenvalue weighted by atomic mass is 16.5. The molecule has 2 N–H and O–H groups in total. The van der Waals surface area contributed by atoms with Crippen LogP contribution in [-0.4, -0.2) is 18.3 Å². The van der Waals surface area contributed by atoms with Crippen LogP contribution in [0.2, 0.25) is 0 Å². The molecule has 0 saturated heterocycles. The molecular formula is C18H21NO2. The van der Waals surface area contributed by atoms with Crippen LogP contribution in [0.3, 0.4) is 0 Å². The van der Waals surface area contributed by atoms with Crippen LogP contribution in [0.15, 0.2) is 42.5 Å². The summed E-state index contributed by atoms with van der Waals surface area (Å²) < 4.78 is 5.13. The fourth-order valence-corrected chi connectivity index (χ4v) is 3.14. The highest BCUT2D eigenvalue weighted by molar-refractivity contribution is 5.41. The zero-order valence-electron chi connectivity index (χ0n) is 12.5. The van der Waals surface area contributed by atoms with Gasteiger partial charge in [-0.25, -0.2) is 0 Å². The number of benzene rings is 2. The molecule has 0 heterocycles. The minimum absolute atomic E-state index is 0.107. The smallest absolute Gasteiger partial charge is 0.124 e. The Bertz CT molecular complexity index is 614. The van der Waals surface area contributed by atoms with E-state index in [0.29, 0.717) is 11.8 Å². The summed E-state index contributed by atoms with van der Waals surface area (Å²) in [5.74, 6) is 0.960. The number of hydrogen-bond acceptors (Lipinski definition) is 3. The van der Waals surface area contributed by atoms with Gasteiger partial charge in [0.25, 0.3) is 0 Å². The summed E-state index contributed by atoms with van der Waals surface area (Å²) in [6, 6.07) is 14.6. The molecule has 3 nitrogen and oxygen atoms in total. The van der Waals surface area contributed by atoms with Crippen molar-refractivity contribution in [3.63, 3.8) is 0 Å².